The zero-order valence-electron chi connectivity index (χ0n) is 12.4. The smallest absolute Gasteiger partial charge is 0.0462 e. The van der Waals surface area contributed by atoms with Gasteiger partial charge in [-0.15, -0.1) is 0 Å². The fourth-order valence-corrected chi connectivity index (χ4v) is 3.22. The second-order valence-corrected chi connectivity index (χ2v) is 6.85. The molecule has 19 heavy (non-hydrogen) atoms. The first-order valence-electron chi connectivity index (χ1n) is 7.15. The largest absolute Gasteiger partial charge is 0.296 e. The van der Waals surface area contributed by atoms with Crippen LogP contribution in [0.1, 0.15) is 46.1 Å². The Balaban J connectivity index is 2.86. The molecule has 0 N–H and O–H groups in total. The maximum absolute atomic E-state index is 6.34. The van der Waals surface area contributed by atoms with E-state index in [9.17, 15) is 0 Å². The lowest BCUT2D eigenvalue weighted by Gasteiger charge is -2.32. The minimum absolute atomic E-state index is 0.641. The highest BCUT2D eigenvalue weighted by Crippen LogP contribution is 2.24. The molecule has 1 aromatic rings. The first-order valence-corrected chi connectivity index (χ1v) is 8.32. The lowest BCUT2D eigenvalue weighted by Crippen LogP contribution is -2.36. The molecule has 0 atom stereocenters. The molecule has 0 heterocycles. The van der Waals surface area contributed by atoms with Gasteiger partial charge in [0.1, 0.15) is 0 Å². The highest BCUT2D eigenvalue weighted by molar-refractivity contribution is 9.10. The second-order valence-electron chi connectivity index (χ2n) is 5.53. The van der Waals surface area contributed by atoms with E-state index in [4.69, 9.17) is 11.6 Å². The molecule has 1 nitrogen and oxygen atoms in total. The van der Waals surface area contributed by atoms with Crippen LogP contribution in [0.25, 0.3) is 0 Å². The van der Waals surface area contributed by atoms with E-state index in [0.29, 0.717) is 12.0 Å². The van der Waals surface area contributed by atoms with Gasteiger partial charge in [0.15, 0.2) is 0 Å². The van der Waals surface area contributed by atoms with Crippen molar-refractivity contribution < 1.29 is 0 Å². The Morgan fingerprint density at radius 2 is 1.84 bits per heavy atom. The van der Waals surface area contributed by atoms with E-state index in [-0.39, 0.29) is 0 Å². The zero-order valence-corrected chi connectivity index (χ0v) is 14.8. The van der Waals surface area contributed by atoms with Crippen LogP contribution in [0.5, 0.6) is 0 Å². The van der Waals surface area contributed by atoms with Crippen molar-refractivity contribution in [3.63, 3.8) is 0 Å². The summed E-state index contributed by atoms with van der Waals surface area (Å²) in [6.45, 7) is 11.2. The van der Waals surface area contributed by atoms with Gasteiger partial charge in [0.2, 0.25) is 0 Å². The van der Waals surface area contributed by atoms with Crippen LogP contribution in [0.15, 0.2) is 22.7 Å². The molecule has 0 bridgehead atoms. The van der Waals surface area contributed by atoms with Gasteiger partial charge in [-0.2, -0.15) is 0 Å². The second kappa shape index (κ2) is 8.28. The van der Waals surface area contributed by atoms with Crippen molar-refractivity contribution in [3.05, 3.63) is 33.3 Å². The third-order valence-electron chi connectivity index (χ3n) is 3.45. The van der Waals surface area contributed by atoms with Gasteiger partial charge >= 0.3 is 0 Å². The van der Waals surface area contributed by atoms with Crippen LogP contribution in [-0.2, 0) is 6.54 Å². The fourth-order valence-electron chi connectivity index (χ4n) is 2.49. The summed E-state index contributed by atoms with van der Waals surface area (Å²) in [6.07, 6.45) is 2.38. The van der Waals surface area contributed by atoms with Crippen LogP contribution < -0.4 is 0 Å². The van der Waals surface area contributed by atoms with E-state index in [1.807, 2.05) is 6.07 Å². The van der Waals surface area contributed by atoms with Gasteiger partial charge in [0, 0.05) is 28.6 Å². The number of rotatable bonds is 7. The predicted molar refractivity (Wildman–Crippen MR) is 88.8 cm³/mol. The summed E-state index contributed by atoms with van der Waals surface area (Å²) >= 11 is 9.81. The number of halogens is 2. The summed E-state index contributed by atoms with van der Waals surface area (Å²) < 4.78 is 1.04. The van der Waals surface area contributed by atoms with Crippen molar-refractivity contribution in [3.8, 4) is 0 Å². The number of hydrogen-bond donors (Lipinski definition) is 0. The van der Waals surface area contributed by atoms with E-state index in [0.717, 1.165) is 22.6 Å². The molecule has 0 fully saturated rings. The molecule has 0 radical (unpaired) electrons. The van der Waals surface area contributed by atoms with Crippen LogP contribution in [0, 0.1) is 5.92 Å². The van der Waals surface area contributed by atoms with Gasteiger partial charge in [-0.1, -0.05) is 61.3 Å². The molecule has 0 saturated carbocycles. The molecule has 108 valence electrons. The van der Waals surface area contributed by atoms with E-state index in [1.54, 1.807) is 0 Å². The zero-order chi connectivity index (χ0) is 14.4. The molecule has 0 aromatic heterocycles. The summed E-state index contributed by atoms with van der Waals surface area (Å²) in [5.41, 5.74) is 1.22. The Bertz CT molecular complexity index is 388. The van der Waals surface area contributed by atoms with Crippen molar-refractivity contribution >= 4 is 27.5 Å². The molecule has 0 spiro atoms. The summed E-state index contributed by atoms with van der Waals surface area (Å²) in [5, 5.41) is 0.856. The normalized spacial score (nSPS) is 11.8. The Labute approximate surface area is 131 Å². The molecule has 0 unspecified atom stereocenters. The van der Waals surface area contributed by atoms with E-state index in [1.165, 1.54) is 18.4 Å². The quantitative estimate of drug-likeness (QED) is 0.607. The Morgan fingerprint density at radius 3 is 2.32 bits per heavy atom. The fraction of sp³-hybridized carbons (Fsp3) is 0.625. The molecule has 0 aliphatic carbocycles. The van der Waals surface area contributed by atoms with Crippen LogP contribution >= 0.6 is 27.5 Å². The molecule has 0 saturated heterocycles. The van der Waals surface area contributed by atoms with Gasteiger partial charge in [0.05, 0.1) is 0 Å². The van der Waals surface area contributed by atoms with Gasteiger partial charge in [-0.25, -0.2) is 0 Å². The summed E-state index contributed by atoms with van der Waals surface area (Å²) in [6, 6.07) is 6.82. The maximum Gasteiger partial charge on any atom is 0.0462 e. The third kappa shape index (κ3) is 5.45. The average molecular weight is 347 g/mol. The van der Waals surface area contributed by atoms with Crippen molar-refractivity contribution in [2.75, 3.05) is 6.54 Å². The van der Waals surface area contributed by atoms with Gasteiger partial charge in [-0.3, -0.25) is 4.90 Å². The standard InChI is InChI=1S/C16H25BrClN/c1-5-15(6-2)19(10-12(3)4)11-13-7-8-14(17)9-16(13)18/h7-9,12,15H,5-6,10-11H2,1-4H3. The molecule has 1 aromatic carbocycles. The van der Waals surface area contributed by atoms with Crippen LogP contribution in [0.4, 0.5) is 0 Å². The number of benzene rings is 1. The van der Waals surface area contributed by atoms with Gasteiger partial charge < -0.3 is 0 Å². The van der Waals surface area contributed by atoms with Crippen molar-refractivity contribution in [1.29, 1.82) is 0 Å². The predicted octanol–water partition coefficient (Wildman–Crippen LogP) is 5.75. The summed E-state index contributed by atoms with van der Waals surface area (Å²) in [7, 11) is 0. The van der Waals surface area contributed by atoms with Gasteiger partial charge in [0.25, 0.3) is 0 Å². The highest BCUT2D eigenvalue weighted by Gasteiger charge is 2.17. The molecule has 3 heteroatoms. The Morgan fingerprint density at radius 1 is 1.21 bits per heavy atom. The summed E-state index contributed by atoms with van der Waals surface area (Å²) in [5.74, 6) is 0.676. The Hall–Kier alpha value is -0.0500. The van der Waals surface area contributed by atoms with Crippen LogP contribution in [0.2, 0.25) is 5.02 Å². The topological polar surface area (TPSA) is 3.24 Å². The maximum atomic E-state index is 6.34. The van der Waals surface area contributed by atoms with Crippen molar-refractivity contribution in [2.24, 2.45) is 5.92 Å². The first kappa shape index (κ1) is 17.0. The minimum Gasteiger partial charge on any atom is -0.296 e. The minimum atomic E-state index is 0.641. The summed E-state index contributed by atoms with van der Waals surface area (Å²) in [4.78, 5) is 2.57. The molecular weight excluding hydrogens is 322 g/mol. The van der Waals surface area contributed by atoms with Crippen molar-refractivity contribution in [1.82, 2.24) is 4.90 Å². The third-order valence-corrected chi connectivity index (χ3v) is 4.29. The van der Waals surface area contributed by atoms with E-state index < -0.39 is 0 Å². The highest BCUT2D eigenvalue weighted by atomic mass is 79.9. The Kier molecular flexibility index (Phi) is 7.41. The van der Waals surface area contributed by atoms with Crippen molar-refractivity contribution in [2.45, 2.75) is 53.1 Å². The number of nitrogens with zero attached hydrogens (tertiary/aromatic N) is 1. The first-order chi connectivity index (χ1) is 8.97. The monoisotopic (exact) mass is 345 g/mol. The van der Waals surface area contributed by atoms with E-state index in [2.05, 4.69) is 60.7 Å². The molecule has 0 aliphatic heterocycles. The molecular formula is C16H25BrClN. The van der Waals surface area contributed by atoms with E-state index >= 15 is 0 Å². The SMILES string of the molecule is CCC(CC)N(Cc1ccc(Br)cc1Cl)CC(C)C. The molecule has 0 amide bonds. The molecule has 1 rings (SSSR count). The lowest BCUT2D eigenvalue weighted by molar-refractivity contribution is 0.157. The van der Waals surface area contributed by atoms with Crippen LogP contribution in [-0.4, -0.2) is 17.5 Å². The molecule has 0 aliphatic rings. The number of hydrogen-bond acceptors (Lipinski definition) is 1. The lowest BCUT2D eigenvalue weighted by atomic mass is 10.1. The average Bonchev–Trinajstić information content (AvgIpc) is 2.33. The van der Waals surface area contributed by atoms with Gasteiger partial charge in [-0.05, 0) is 36.5 Å². The van der Waals surface area contributed by atoms with Crippen LogP contribution in [0.3, 0.4) is 0 Å².